The smallest absolute Gasteiger partial charge is 0.285 e. The van der Waals surface area contributed by atoms with Crippen LogP contribution in [0.4, 0.5) is 19.0 Å². The summed E-state index contributed by atoms with van der Waals surface area (Å²) >= 11 is 0. The monoisotopic (exact) mass is 517 g/mol. The molecule has 3 aliphatic heterocycles. The number of nitrogens with zero attached hydrogens (tertiary/aromatic N) is 4. The third kappa shape index (κ3) is 5.46. The number of fused-ring (bicyclic) bond motifs is 1. The number of halogens is 3. The lowest BCUT2D eigenvalue weighted by atomic mass is 9.92. The fraction of sp³-hybridized carbons (Fsp3) is 0.556. The molecular formula is C27H34F3N5O2. The molecule has 10 heteroatoms. The van der Waals surface area contributed by atoms with Crippen molar-refractivity contribution in [3.05, 3.63) is 59.0 Å². The highest BCUT2D eigenvalue weighted by Gasteiger charge is 2.44. The second-order valence-corrected chi connectivity index (χ2v) is 10.3. The zero-order valence-electron chi connectivity index (χ0n) is 21.0. The van der Waals surface area contributed by atoms with E-state index in [0.29, 0.717) is 24.3 Å². The molecule has 200 valence electrons. The molecule has 37 heavy (non-hydrogen) atoms. The van der Waals surface area contributed by atoms with Crippen LogP contribution in [0.2, 0.25) is 0 Å². The Bertz CT molecular complexity index is 1120. The van der Waals surface area contributed by atoms with Gasteiger partial charge in [-0.15, -0.1) is 0 Å². The van der Waals surface area contributed by atoms with Crippen molar-refractivity contribution in [3.63, 3.8) is 0 Å². The maximum atomic E-state index is 14.8. The number of likely N-dealkylation sites (tertiary alicyclic amines) is 2. The van der Waals surface area contributed by atoms with E-state index in [1.165, 1.54) is 17.0 Å². The molecule has 1 aromatic heterocycles. The molecule has 2 fully saturated rings. The number of anilines is 1. The summed E-state index contributed by atoms with van der Waals surface area (Å²) in [5.41, 5.74) is 0.470. The first kappa shape index (κ1) is 25.9. The Morgan fingerprint density at radius 2 is 1.95 bits per heavy atom. The lowest BCUT2D eigenvalue weighted by molar-refractivity contribution is -0.0909. The molecule has 1 amide bonds. The molecule has 0 radical (unpaired) electrons. The number of alkyl halides is 2. The molecule has 2 N–H and O–H groups in total. The van der Waals surface area contributed by atoms with Gasteiger partial charge >= 0.3 is 0 Å². The average molecular weight is 518 g/mol. The van der Waals surface area contributed by atoms with E-state index < -0.39 is 36.3 Å². The Hall–Kier alpha value is -2.69. The van der Waals surface area contributed by atoms with Crippen molar-refractivity contribution in [3.8, 4) is 0 Å². The van der Waals surface area contributed by atoms with Gasteiger partial charge < -0.3 is 20.2 Å². The van der Waals surface area contributed by atoms with E-state index >= 15 is 0 Å². The van der Waals surface area contributed by atoms with Gasteiger partial charge in [0.1, 0.15) is 5.82 Å². The maximum absolute atomic E-state index is 14.8. The molecule has 0 spiro atoms. The van der Waals surface area contributed by atoms with E-state index in [-0.39, 0.29) is 30.3 Å². The van der Waals surface area contributed by atoms with Gasteiger partial charge in [-0.2, -0.15) is 8.78 Å². The molecule has 5 rings (SSSR count). The fourth-order valence-corrected chi connectivity index (χ4v) is 5.85. The zero-order valence-corrected chi connectivity index (χ0v) is 21.0. The zero-order chi connectivity index (χ0) is 26.2. The lowest BCUT2D eigenvalue weighted by Gasteiger charge is -2.45. The quantitative estimate of drug-likeness (QED) is 0.635. The number of aliphatic hydroxyl groups excluding tert-OH is 1. The highest BCUT2D eigenvalue weighted by atomic mass is 19.3. The van der Waals surface area contributed by atoms with E-state index in [2.05, 4.69) is 22.1 Å². The molecule has 4 heterocycles. The van der Waals surface area contributed by atoms with Crippen LogP contribution in [-0.2, 0) is 12.5 Å². The first-order valence-electron chi connectivity index (χ1n) is 13.1. The van der Waals surface area contributed by atoms with E-state index in [1.54, 1.807) is 23.1 Å². The molecular weight excluding hydrogens is 483 g/mol. The summed E-state index contributed by atoms with van der Waals surface area (Å²) in [5, 5.41) is 14.2. The Morgan fingerprint density at radius 3 is 2.68 bits per heavy atom. The number of benzene rings is 1. The summed E-state index contributed by atoms with van der Waals surface area (Å²) in [5.74, 6) is -3.82. The molecule has 1 aromatic carbocycles. The van der Waals surface area contributed by atoms with Gasteiger partial charge in [-0.25, -0.2) is 9.37 Å². The summed E-state index contributed by atoms with van der Waals surface area (Å²) in [7, 11) is 0. The number of rotatable bonds is 5. The molecule has 0 bridgehead atoms. The van der Waals surface area contributed by atoms with Gasteiger partial charge in [-0.1, -0.05) is 31.2 Å². The molecule has 2 unspecified atom stereocenters. The van der Waals surface area contributed by atoms with Crippen molar-refractivity contribution >= 4 is 11.7 Å². The highest BCUT2D eigenvalue weighted by molar-refractivity contribution is 5.95. The van der Waals surface area contributed by atoms with Gasteiger partial charge in [0, 0.05) is 50.4 Å². The van der Waals surface area contributed by atoms with Crippen LogP contribution in [0, 0.1) is 5.82 Å². The molecule has 0 aliphatic carbocycles. The number of nitrogens with one attached hydrogen (secondary N) is 1. The summed E-state index contributed by atoms with van der Waals surface area (Å²) < 4.78 is 44.2. The molecule has 2 aromatic rings. The van der Waals surface area contributed by atoms with E-state index in [1.807, 2.05) is 0 Å². The predicted octanol–water partition coefficient (Wildman–Crippen LogP) is 3.30. The van der Waals surface area contributed by atoms with Gasteiger partial charge in [-0.05, 0) is 37.4 Å². The van der Waals surface area contributed by atoms with Crippen LogP contribution in [0.5, 0.6) is 0 Å². The van der Waals surface area contributed by atoms with Gasteiger partial charge in [0.15, 0.2) is 5.82 Å². The molecule has 0 saturated carbocycles. The number of hydrogen-bond acceptors (Lipinski definition) is 6. The number of carbonyl (C=O) groups is 1. The Labute approximate surface area is 215 Å². The number of carbonyl (C=O) groups excluding carboxylic acids is 1. The normalized spacial score (nSPS) is 25.1. The Kier molecular flexibility index (Phi) is 7.42. The van der Waals surface area contributed by atoms with Crippen LogP contribution < -0.4 is 5.32 Å². The van der Waals surface area contributed by atoms with Crippen LogP contribution >= 0.6 is 0 Å². The second kappa shape index (κ2) is 10.6. The topological polar surface area (TPSA) is 71.9 Å². The predicted molar refractivity (Wildman–Crippen MR) is 134 cm³/mol. The number of piperidine rings is 2. The average Bonchev–Trinajstić information content (AvgIpc) is 2.89. The van der Waals surface area contributed by atoms with Crippen molar-refractivity contribution in [2.24, 2.45) is 0 Å². The molecule has 3 aliphatic rings. The fourth-order valence-electron chi connectivity index (χ4n) is 5.85. The third-order valence-corrected chi connectivity index (χ3v) is 7.96. The number of pyridine rings is 1. The van der Waals surface area contributed by atoms with E-state index in [9.17, 15) is 23.1 Å². The first-order valence-corrected chi connectivity index (χ1v) is 13.1. The summed E-state index contributed by atoms with van der Waals surface area (Å²) in [6, 6.07) is 7.60. The Balaban J connectivity index is 1.23. The number of aromatic nitrogens is 1. The van der Waals surface area contributed by atoms with Crippen LogP contribution in [0.1, 0.15) is 47.7 Å². The van der Waals surface area contributed by atoms with Crippen LogP contribution in [-0.4, -0.2) is 88.2 Å². The SMILES string of the molecule is CCN1CCC(Nc2cc(C(=O)N3CCC(N4Cc5ccccc5C(F)(F)C4)C(O)C3)c(F)cn2)CC1. The lowest BCUT2D eigenvalue weighted by Crippen LogP contribution is -2.57. The van der Waals surface area contributed by atoms with Gasteiger partial charge in [-0.3, -0.25) is 9.69 Å². The van der Waals surface area contributed by atoms with Crippen molar-refractivity contribution in [2.75, 3.05) is 44.6 Å². The standard InChI is InChI=1S/C27H34F3N5O2/c1-2-33-10-7-19(8-11-33)32-25-13-20(22(28)14-31-25)26(37)34-12-9-23(24(36)16-34)35-15-18-5-3-4-6-21(18)27(29,30)17-35/h3-6,13-14,19,23-24,36H,2,7-12,15-17H2,1H3,(H,31,32). The molecule has 2 atom stereocenters. The van der Waals surface area contributed by atoms with E-state index in [4.69, 9.17) is 0 Å². The third-order valence-electron chi connectivity index (χ3n) is 7.96. The van der Waals surface area contributed by atoms with E-state index in [0.717, 1.165) is 38.7 Å². The molecule has 7 nitrogen and oxygen atoms in total. The first-order chi connectivity index (χ1) is 17.7. The summed E-state index contributed by atoms with van der Waals surface area (Å²) in [6.45, 7) is 5.12. The minimum atomic E-state index is -3.02. The number of amides is 1. The van der Waals surface area contributed by atoms with Crippen molar-refractivity contribution in [1.82, 2.24) is 19.7 Å². The maximum Gasteiger partial charge on any atom is 0.285 e. The number of aliphatic hydroxyl groups is 1. The van der Waals surface area contributed by atoms with Crippen molar-refractivity contribution < 1.29 is 23.1 Å². The van der Waals surface area contributed by atoms with Crippen LogP contribution in [0.25, 0.3) is 0 Å². The summed E-state index contributed by atoms with van der Waals surface area (Å²) in [4.78, 5) is 22.7. The van der Waals surface area contributed by atoms with Gasteiger partial charge in [0.05, 0.1) is 24.4 Å². The van der Waals surface area contributed by atoms with Gasteiger partial charge in [0.25, 0.3) is 11.8 Å². The second-order valence-electron chi connectivity index (χ2n) is 10.3. The van der Waals surface area contributed by atoms with Crippen LogP contribution in [0.15, 0.2) is 36.5 Å². The van der Waals surface area contributed by atoms with Crippen molar-refractivity contribution in [2.45, 2.75) is 56.8 Å². The Morgan fingerprint density at radius 1 is 1.19 bits per heavy atom. The largest absolute Gasteiger partial charge is 0.390 e. The minimum absolute atomic E-state index is 0.0295. The number of hydrogen-bond donors (Lipinski definition) is 2. The van der Waals surface area contributed by atoms with Gasteiger partial charge in [0.2, 0.25) is 0 Å². The number of β-amino-alcohol motifs (C(OH)–C–C–N with tert-alkyl or cyclic N) is 1. The van der Waals surface area contributed by atoms with Crippen molar-refractivity contribution in [1.29, 1.82) is 0 Å². The molecule has 2 saturated heterocycles. The minimum Gasteiger partial charge on any atom is -0.390 e. The van der Waals surface area contributed by atoms with Crippen LogP contribution in [0.3, 0.4) is 0 Å². The summed E-state index contributed by atoms with van der Waals surface area (Å²) in [6.07, 6.45) is 2.22. The highest BCUT2D eigenvalue weighted by Crippen LogP contribution is 2.38.